The highest BCUT2D eigenvalue weighted by atomic mass is 16.3. The lowest BCUT2D eigenvalue weighted by atomic mass is 9.96. The highest BCUT2D eigenvalue weighted by molar-refractivity contribution is 5.74. The Kier molecular flexibility index (Phi) is 7.78. The van der Waals surface area contributed by atoms with E-state index >= 15 is 0 Å². The van der Waals surface area contributed by atoms with Gasteiger partial charge in [-0.05, 0) is 68.4 Å². The van der Waals surface area contributed by atoms with E-state index in [1.807, 2.05) is 18.3 Å². The lowest BCUT2D eigenvalue weighted by Crippen LogP contribution is -2.54. The molecule has 0 radical (unpaired) electrons. The first-order valence-electron chi connectivity index (χ1n) is 12.3. The molecule has 0 bridgehead atoms. The van der Waals surface area contributed by atoms with Crippen LogP contribution in [-0.4, -0.2) is 58.2 Å². The molecule has 6 nitrogen and oxygen atoms in total. The Morgan fingerprint density at radius 2 is 2.12 bits per heavy atom. The molecule has 1 saturated heterocycles. The molecule has 2 aliphatic rings. The van der Waals surface area contributed by atoms with Crippen LogP contribution < -0.4 is 10.6 Å². The lowest BCUT2D eigenvalue weighted by Gasteiger charge is -2.38. The summed E-state index contributed by atoms with van der Waals surface area (Å²) in [7, 11) is 0. The van der Waals surface area contributed by atoms with Crippen LogP contribution in [0.5, 0.6) is 5.75 Å². The number of aryl methyl sites for hydroxylation is 1. The van der Waals surface area contributed by atoms with Crippen molar-refractivity contribution in [2.24, 2.45) is 0 Å². The lowest BCUT2D eigenvalue weighted by molar-refractivity contribution is 0.158. The van der Waals surface area contributed by atoms with Gasteiger partial charge >= 0.3 is 0 Å². The molecule has 1 aromatic carbocycles. The molecule has 0 unspecified atom stereocenters. The van der Waals surface area contributed by atoms with Gasteiger partial charge in [0, 0.05) is 44.5 Å². The van der Waals surface area contributed by atoms with E-state index < -0.39 is 0 Å². The summed E-state index contributed by atoms with van der Waals surface area (Å²) < 4.78 is 0. The minimum atomic E-state index is 0.374. The Morgan fingerprint density at radius 3 is 2.97 bits per heavy atom. The zero-order valence-corrected chi connectivity index (χ0v) is 20.1. The van der Waals surface area contributed by atoms with Crippen molar-refractivity contribution in [2.75, 3.05) is 31.5 Å². The average Bonchev–Trinajstić information content (AvgIpc) is 2.83. The summed E-state index contributed by atoms with van der Waals surface area (Å²) in [6.07, 6.45) is 10.3. The zero-order valence-electron chi connectivity index (χ0n) is 20.1. The molecular formula is C27H37N5O. The van der Waals surface area contributed by atoms with Gasteiger partial charge in [-0.3, -0.25) is 4.90 Å². The van der Waals surface area contributed by atoms with Gasteiger partial charge in [0.25, 0.3) is 0 Å². The maximum absolute atomic E-state index is 9.88. The number of hydrogen-bond donors (Lipinski definition) is 3. The largest absolute Gasteiger partial charge is 0.508 e. The molecule has 1 aromatic heterocycles. The van der Waals surface area contributed by atoms with Crippen LogP contribution in [0, 0.1) is 0 Å². The van der Waals surface area contributed by atoms with E-state index in [2.05, 4.69) is 59.5 Å². The number of allylic oxidation sites excluding steroid dienone is 3. The maximum atomic E-state index is 9.88. The van der Waals surface area contributed by atoms with Crippen molar-refractivity contribution in [3.63, 3.8) is 0 Å². The van der Waals surface area contributed by atoms with Crippen LogP contribution in [0.4, 0.5) is 5.95 Å². The van der Waals surface area contributed by atoms with Crippen LogP contribution in [0.2, 0.25) is 0 Å². The number of piperazine rings is 1. The van der Waals surface area contributed by atoms with E-state index in [1.165, 1.54) is 16.7 Å². The van der Waals surface area contributed by atoms with E-state index in [1.54, 1.807) is 6.07 Å². The fraction of sp³-hybridized carbons (Fsp3) is 0.481. The second kappa shape index (κ2) is 10.9. The second-order valence-corrected chi connectivity index (χ2v) is 9.35. The molecule has 4 rings (SSSR count). The predicted molar refractivity (Wildman–Crippen MR) is 136 cm³/mol. The van der Waals surface area contributed by atoms with Gasteiger partial charge in [0.05, 0.1) is 5.69 Å². The van der Waals surface area contributed by atoms with Crippen LogP contribution >= 0.6 is 0 Å². The van der Waals surface area contributed by atoms with Gasteiger partial charge in [-0.2, -0.15) is 0 Å². The van der Waals surface area contributed by atoms with Crippen LogP contribution in [0.15, 0.2) is 48.2 Å². The first-order chi connectivity index (χ1) is 16.0. The highest BCUT2D eigenvalue weighted by Gasteiger charge is 2.23. The number of anilines is 1. The third kappa shape index (κ3) is 6.21. The van der Waals surface area contributed by atoms with Crippen molar-refractivity contribution in [3.05, 3.63) is 65.0 Å². The van der Waals surface area contributed by atoms with Crippen molar-refractivity contribution < 1.29 is 5.11 Å². The fourth-order valence-electron chi connectivity index (χ4n) is 4.65. The Balaban J connectivity index is 1.37. The number of hydrogen-bond acceptors (Lipinski definition) is 6. The quantitative estimate of drug-likeness (QED) is 0.564. The summed E-state index contributed by atoms with van der Waals surface area (Å²) in [6.45, 7) is 10.6. The summed E-state index contributed by atoms with van der Waals surface area (Å²) in [5, 5.41) is 16.8. The third-order valence-corrected chi connectivity index (χ3v) is 6.66. The van der Waals surface area contributed by atoms with E-state index in [-0.39, 0.29) is 0 Å². The van der Waals surface area contributed by atoms with Crippen LogP contribution in [0.1, 0.15) is 50.4 Å². The molecule has 33 heavy (non-hydrogen) atoms. The van der Waals surface area contributed by atoms with Crippen molar-refractivity contribution >= 4 is 11.5 Å². The molecule has 2 atom stereocenters. The molecule has 1 aliphatic heterocycles. The molecule has 0 saturated carbocycles. The van der Waals surface area contributed by atoms with E-state index in [9.17, 15) is 5.11 Å². The summed E-state index contributed by atoms with van der Waals surface area (Å²) in [5.74, 6) is 1.03. The van der Waals surface area contributed by atoms with Crippen LogP contribution in [0.25, 0.3) is 5.57 Å². The Bertz CT molecular complexity index is 1020. The SMILES string of the molecule is CCc1cc(CCNc2nccc(C3=CCCC(CN4C[C@H](C)NC[C@@H]4C)=C3)n2)ccc1O. The molecule has 0 spiro atoms. The van der Waals surface area contributed by atoms with Crippen LogP contribution in [-0.2, 0) is 12.8 Å². The smallest absolute Gasteiger partial charge is 0.223 e. The number of phenols is 1. The predicted octanol–water partition coefficient (Wildman–Crippen LogP) is 4.19. The average molecular weight is 448 g/mol. The normalized spacial score (nSPS) is 21.4. The molecule has 176 valence electrons. The minimum absolute atomic E-state index is 0.374. The van der Waals surface area contributed by atoms with Gasteiger partial charge in [-0.25, -0.2) is 9.97 Å². The number of phenolic OH excluding ortho intramolecular Hbond substituents is 1. The van der Waals surface area contributed by atoms with Gasteiger partial charge in [-0.1, -0.05) is 36.8 Å². The number of rotatable bonds is 8. The number of aromatic nitrogens is 2. The molecule has 3 N–H and O–H groups in total. The molecule has 0 amide bonds. The molecule has 6 heteroatoms. The van der Waals surface area contributed by atoms with Crippen molar-refractivity contribution in [1.82, 2.24) is 20.2 Å². The molecule has 1 fully saturated rings. The van der Waals surface area contributed by atoms with E-state index in [0.29, 0.717) is 23.8 Å². The van der Waals surface area contributed by atoms with Gasteiger partial charge in [0.1, 0.15) is 5.75 Å². The summed E-state index contributed by atoms with van der Waals surface area (Å²) in [5.41, 5.74) is 5.85. The van der Waals surface area contributed by atoms with E-state index in [0.717, 1.165) is 63.1 Å². The minimum Gasteiger partial charge on any atom is -0.508 e. The monoisotopic (exact) mass is 447 g/mol. The zero-order chi connectivity index (χ0) is 23.2. The van der Waals surface area contributed by atoms with Gasteiger partial charge in [0.15, 0.2) is 0 Å². The number of benzene rings is 1. The van der Waals surface area contributed by atoms with Crippen molar-refractivity contribution in [1.29, 1.82) is 0 Å². The topological polar surface area (TPSA) is 73.3 Å². The summed E-state index contributed by atoms with van der Waals surface area (Å²) in [6, 6.07) is 8.95. The number of nitrogens with zero attached hydrogens (tertiary/aromatic N) is 3. The van der Waals surface area contributed by atoms with Crippen molar-refractivity contribution in [3.8, 4) is 5.75 Å². The fourth-order valence-corrected chi connectivity index (χ4v) is 4.65. The van der Waals surface area contributed by atoms with Gasteiger partial charge < -0.3 is 15.7 Å². The Morgan fingerprint density at radius 1 is 1.24 bits per heavy atom. The maximum Gasteiger partial charge on any atom is 0.223 e. The van der Waals surface area contributed by atoms with Gasteiger partial charge in [-0.15, -0.1) is 0 Å². The third-order valence-electron chi connectivity index (χ3n) is 6.66. The Labute approximate surface area is 197 Å². The molecule has 2 heterocycles. The standard InChI is InChI=1S/C27H37N5O/c1-4-23-14-21(8-9-26(23)33)10-12-28-27-29-13-11-25(31-27)24-7-5-6-22(15-24)18-32-17-19(2)30-16-20(32)3/h7-9,11,13-15,19-20,30,33H,4-6,10,12,16-18H2,1-3H3,(H,28,29,31)/t19-,20-/m0/s1. The second-order valence-electron chi connectivity index (χ2n) is 9.35. The first kappa shape index (κ1) is 23.5. The number of aromatic hydroxyl groups is 1. The van der Waals surface area contributed by atoms with E-state index in [4.69, 9.17) is 4.98 Å². The molecule has 1 aliphatic carbocycles. The molecular weight excluding hydrogens is 410 g/mol. The van der Waals surface area contributed by atoms with Crippen molar-refractivity contribution in [2.45, 2.75) is 58.5 Å². The molecule has 2 aromatic rings. The number of nitrogens with one attached hydrogen (secondary N) is 2. The summed E-state index contributed by atoms with van der Waals surface area (Å²) in [4.78, 5) is 11.8. The highest BCUT2D eigenvalue weighted by Crippen LogP contribution is 2.26. The first-order valence-corrected chi connectivity index (χ1v) is 12.3. The van der Waals surface area contributed by atoms with Crippen LogP contribution in [0.3, 0.4) is 0 Å². The summed E-state index contributed by atoms with van der Waals surface area (Å²) >= 11 is 0. The Hall–Kier alpha value is -2.70. The van der Waals surface area contributed by atoms with Gasteiger partial charge in [0.2, 0.25) is 5.95 Å².